The summed E-state index contributed by atoms with van der Waals surface area (Å²) in [5.41, 5.74) is 0.761. The lowest BCUT2D eigenvalue weighted by molar-refractivity contribution is 0.0991. The highest BCUT2D eigenvalue weighted by atomic mass is 32.1. The van der Waals surface area contributed by atoms with Crippen LogP contribution in [0.4, 0.5) is 8.78 Å². The SMILES string of the molecule is O=C(Cc1cn2ccsc2n1)c1ccc(F)c(F)c1. The molecule has 0 saturated heterocycles. The Morgan fingerprint density at radius 3 is 2.89 bits per heavy atom. The fraction of sp³-hybridized carbons (Fsp3) is 0.0769. The molecule has 0 spiro atoms. The van der Waals surface area contributed by atoms with E-state index < -0.39 is 11.6 Å². The summed E-state index contributed by atoms with van der Waals surface area (Å²) in [6.45, 7) is 0. The van der Waals surface area contributed by atoms with Crippen molar-refractivity contribution in [3.8, 4) is 0 Å². The number of ketones is 1. The van der Waals surface area contributed by atoms with Gasteiger partial charge >= 0.3 is 0 Å². The van der Waals surface area contributed by atoms with Gasteiger partial charge < -0.3 is 0 Å². The molecule has 0 amide bonds. The highest BCUT2D eigenvalue weighted by Crippen LogP contribution is 2.14. The number of halogens is 2. The van der Waals surface area contributed by atoms with Crippen molar-refractivity contribution in [3.63, 3.8) is 0 Å². The molecule has 0 unspecified atom stereocenters. The molecule has 0 atom stereocenters. The average Bonchev–Trinajstić information content (AvgIpc) is 2.93. The summed E-state index contributed by atoms with van der Waals surface area (Å²) < 4.78 is 27.7. The predicted molar refractivity (Wildman–Crippen MR) is 67.5 cm³/mol. The first kappa shape index (κ1) is 12.0. The summed E-state index contributed by atoms with van der Waals surface area (Å²) in [6.07, 6.45) is 3.67. The number of thiazole rings is 1. The van der Waals surface area contributed by atoms with E-state index in [0.717, 1.165) is 17.1 Å². The quantitative estimate of drug-likeness (QED) is 0.690. The molecule has 0 fully saturated rings. The third-order valence-electron chi connectivity index (χ3n) is 2.73. The van der Waals surface area contributed by atoms with E-state index in [2.05, 4.69) is 4.98 Å². The number of aromatic nitrogens is 2. The number of rotatable bonds is 3. The maximum Gasteiger partial charge on any atom is 0.193 e. The van der Waals surface area contributed by atoms with Gasteiger partial charge in [-0.25, -0.2) is 13.8 Å². The van der Waals surface area contributed by atoms with E-state index in [4.69, 9.17) is 0 Å². The summed E-state index contributed by atoms with van der Waals surface area (Å²) in [5.74, 6) is -2.26. The molecule has 3 rings (SSSR count). The Kier molecular flexibility index (Phi) is 2.87. The largest absolute Gasteiger partial charge is 0.297 e. The Hall–Kier alpha value is -2.08. The van der Waals surface area contributed by atoms with E-state index >= 15 is 0 Å². The molecule has 0 bridgehead atoms. The van der Waals surface area contributed by atoms with Gasteiger partial charge in [0.25, 0.3) is 0 Å². The van der Waals surface area contributed by atoms with Crippen molar-refractivity contribution in [3.05, 3.63) is 58.9 Å². The number of imidazole rings is 1. The van der Waals surface area contributed by atoms with Crippen molar-refractivity contribution in [2.45, 2.75) is 6.42 Å². The maximum absolute atomic E-state index is 13.1. The van der Waals surface area contributed by atoms with Gasteiger partial charge in [-0.15, -0.1) is 11.3 Å². The summed E-state index contributed by atoms with van der Waals surface area (Å²) in [5, 5.41) is 1.89. The normalized spacial score (nSPS) is 11.1. The molecule has 0 radical (unpaired) electrons. The van der Waals surface area contributed by atoms with Crippen molar-refractivity contribution in [1.82, 2.24) is 9.38 Å². The third kappa shape index (κ3) is 2.26. The Balaban J connectivity index is 1.84. The van der Waals surface area contributed by atoms with Gasteiger partial charge in [0.05, 0.1) is 12.1 Å². The molecule has 3 aromatic rings. The van der Waals surface area contributed by atoms with Gasteiger partial charge in [0.15, 0.2) is 22.4 Å². The highest BCUT2D eigenvalue weighted by Gasteiger charge is 2.12. The Bertz CT molecular complexity index is 734. The van der Waals surface area contributed by atoms with Crippen LogP contribution < -0.4 is 0 Å². The van der Waals surface area contributed by atoms with E-state index in [1.54, 1.807) is 6.20 Å². The molecule has 6 heteroatoms. The minimum atomic E-state index is -1.02. The molecule has 0 aliphatic rings. The van der Waals surface area contributed by atoms with Gasteiger partial charge in [0.2, 0.25) is 0 Å². The smallest absolute Gasteiger partial charge is 0.193 e. The van der Waals surface area contributed by atoms with Crippen LogP contribution in [0.5, 0.6) is 0 Å². The van der Waals surface area contributed by atoms with Gasteiger partial charge in [-0.2, -0.15) is 0 Å². The number of fused-ring (bicyclic) bond motifs is 1. The lowest BCUT2D eigenvalue weighted by Crippen LogP contribution is -2.04. The zero-order valence-corrected chi connectivity index (χ0v) is 10.5. The molecule has 2 heterocycles. The third-order valence-corrected chi connectivity index (χ3v) is 3.50. The van der Waals surface area contributed by atoms with E-state index in [-0.39, 0.29) is 17.8 Å². The van der Waals surface area contributed by atoms with Crippen molar-refractivity contribution in [2.24, 2.45) is 0 Å². The first-order chi connectivity index (χ1) is 9.13. The predicted octanol–water partition coefficient (Wildman–Crippen LogP) is 3.10. The van der Waals surface area contributed by atoms with Crippen LogP contribution in [0.25, 0.3) is 4.96 Å². The molecular weight excluding hydrogens is 270 g/mol. The number of nitrogens with zero attached hydrogens (tertiary/aromatic N) is 2. The Labute approximate surface area is 111 Å². The van der Waals surface area contributed by atoms with Crippen LogP contribution in [0.3, 0.4) is 0 Å². The van der Waals surface area contributed by atoms with Crippen LogP contribution in [0.2, 0.25) is 0 Å². The second kappa shape index (κ2) is 4.55. The van der Waals surface area contributed by atoms with Crippen LogP contribution in [-0.2, 0) is 6.42 Å². The van der Waals surface area contributed by atoms with Crippen LogP contribution in [0.15, 0.2) is 36.0 Å². The molecule has 1 aromatic carbocycles. The van der Waals surface area contributed by atoms with Crippen LogP contribution in [-0.4, -0.2) is 15.2 Å². The van der Waals surface area contributed by atoms with Crippen molar-refractivity contribution in [2.75, 3.05) is 0 Å². The zero-order chi connectivity index (χ0) is 13.4. The first-order valence-corrected chi connectivity index (χ1v) is 6.41. The molecule has 96 valence electrons. The molecule has 2 aromatic heterocycles. The monoisotopic (exact) mass is 278 g/mol. The molecular formula is C13H8F2N2OS. The minimum absolute atomic E-state index is 0.0689. The van der Waals surface area contributed by atoms with E-state index in [0.29, 0.717) is 5.69 Å². The molecule has 3 nitrogen and oxygen atoms in total. The topological polar surface area (TPSA) is 34.4 Å². The number of hydrogen-bond acceptors (Lipinski definition) is 3. The summed E-state index contributed by atoms with van der Waals surface area (Å²) in [7, 11) is 0. The van der Waals surface area contributed by atoms with E-state index in [9.17, 15) is 13.6 Å². The molecule has 19 heavy (non-hydrogen) atoms. The summed E-state index contributed by atoms with van der Waals surface area (Å²) in [6, 6.07) is 3.14. The average molecular weight is 278 g/mol. The number of carbonyl (C=O) groups is 1. The van der Waals surface area contributed by atoms with Gasteiger partial charge in [0.1, 0.15) is 0 Å². The molecule has 0 aliphatic heterocycles. The molecule has 0 saturated carbocycles. The van der Waals surface area contributed by atoms with Crippen molar-refractivity contribution in [1.29, 1.82) is 0 Å². The Morgan fingerprint density at radius 1 is 1.32 bits per heavy atom. The fourth-order valence-electron chi connectivity index (χ4n) is 1.80. The fourth-order valence-corrected chi connectivity index (χ4v) is 2.52. The van der Waals surface area contributed by atoms with Gasteiger partial charge in [-0.3, -0.25) is 9.20 Å². The van der Waals surface area contributed by atoms with Crippen molar-refractivity contribution >= 4 is 22.1 Å². The highest BCUT2D eigenvalue weighted by molar-refractivity contribution is 7.15. The molecule has 0 N–H and O–H groups in total. The van der Waals surface area contributed by atoms with E-state index in [1.807, 2.05) is 16.0 Å². The lowest BCUT2D eigenvalue weighted by Gasteiger charge is -1.99. The summed E-state index contributed by atoms with van der Waals surface area (Å²) >= 11 is 1.47. The minimum Gasteiger partial charge on any atom is -0.297 e. The number of Topliss-reactive ketones (excluding diaryl/α,β-unsaturated/α-hetero) is 1. The number of hydrogen-bond donors (Lipinski definition) is 0. The standard InChI is InChI=1S/C13H8F2N2OS/c14-10-2-1-8(5-11(10)15)12(18)6-9-7-17-3-4-19-13(17)16-9/h1-5,7H,6H2. The second-order valence-electron chi connectivity index (χ2n) is 4.05. The van der Waals surface area contributed by atoms with Gasteiger partial charge in [-0.05, 0) is 18.2 Å². The Morgan fingerprint density at radius 2 is 2.16 bits per heavy atom. The number of benzene rings is 1. The zero-order valence-electron chi connectivity index (χ0n) is 9.64. The van der Waals surface area contributed by atoms with Gasteiger partial charge in [0, 0.05) is 23.3 Å². The first-order valence-electron chi connectivity index (χ1n) is 5.53. The second-order valence-corrected chi connectivity index (χ2v) is 4.93. The van der Waals surface area contributed by atoms with Crippen LogP contribution in [0, 0.1) is 11.6 Å². The summed E-state index contributed by atoms with van der Waals surface area (Å²) in [4.78, 5) is 17.0. The van der Waals surface area contributed by atoms with Gasteiger partial charge in [-0.1, -0.05) is 0 Å². The van der Waals surface area contributed by atoms with Crippen molar-refractivity contribution < 1.29 is 13.6 Å². The van der Waals surface area contributed by atoms with Crippen LogP contribution in [0.1, 0.15) is 16.1 Å². The number of carbonyl (C=O) groups excluding carboxylic acids is 1. The maximum atomic E-state index is 13.1. The van der Waals surface area contributed by atoms with E-state index in [1.165, 1.54) is 17.4 Å². The lowest BCUT2D eigenvalue weighted by atomic mass is 10.1. The molecule has 0 aliphatic carbocycles. The van der Waals surface area contributed by atoms with Crippen LogP contribution >= 0.6 is 11.3 Å².